The Morgan fingerprint density at radius 2 is 2.00 bits per heavy atom. The fourth-order valence-electron chi connectivity index (χ4n) is 2.70. The van der Waals surface area contributed by atoms with Gasteiger partial charge in [0.15, 0.2) is 0 Å². The number of halogens is 1. The molecule has 0 aliphatic carbocycles. The maximum atomic E-state index is 13.0. The van der Waals surface area contributed by atoms with Crippen LogP contribution in [0, 0.1) is 5.82 Å². The zero-order chi connectivity index (χ0) is 17.4. The highest BCUT2D eigenvalue weighted by Gasteiger charge is 2.24. The Balaban J connectivity index is 1.72. The smallest absolute Gasteiger partial charge is 0.312 e. The van der Waals surface area contributed by atoms with Gasteiger partial charge < -0.3 is 20.7 Å². The molecule has 1 atom stereocenters. The third-order valence-electron chi connectivity index (χ3n) is 4.03. The van der Waals surface area contributed by atoms with Gasteiger partial charge in [-0.15, -0.1) is 0 Å². The lowest BCUT2D eigenvalue weighted by Gasteiger charge is -2.33. The van der Waals surface area contributed by atoms with Gasteiger partial charge in [0, 0.05) is 19.5 Å². The number of ether oxygens (including phenoxy) is 1. The monoisotopic (exact) mass is 337 g/mol. The summed E-state index contributed by atoms with van der Waals surface area (Å²) in [5.41, 5.74) is 5.86. The first-order chi connectivity index (χ1) is 11.6. The number of nitrogens with one attached hydrogen (secondary N) is 1. The Morgan fingerprint density at radius 3 is 2.71 bits per heavy atom. The molecule has 0 radical (unpaired) electrons. The van der Waals surface area contributed by atoms with Crippen molar-refractivity contribution in [3.05, 3.63) is 35.6 Å². The van der Waals surface area contributed by atoms with E-state index < -0.39 is 6.03 Å². The first-order valence-corrected chi connectivity index (χ1v) is 8.24. The van der Waals surface area contributed by atoms with Crippen LogP contribution in [0.2, 0.25) is 0 Å². The zero-order valence-electron chi connectivity index (χ0n) is 13.7. The highest BCUT2D eigenvalue weighted by atomic mass is 19.1. The highest BCUT2D eigenvalue weighted by Crippen LogP contribution is 2.23. The average molecular weight is 337 g/mol. The number of primary amides is 1. The minimum absolute atomic E-state index is 0.105. The van der Waals surface area contributed by atoms with E-state index in [9.17, 15) is 14.0 Å². The number of nitrogens with two attached hydrogens (primary N) is 1. The number of hydrogen-bond acceptors (Lipinski definition) is 3. The van der Waals surface area contributed by atoms with Crippen LogP contribution in [0.3, 0.4) is 0 Å². The first-order valence-electron chi connectivity index (χ1n) is 8.24. The third-order valence-corrected chi connectivity index (χ3v) is 4.03. The van der Waals surface area contributed by atoms with Gasteiger partial charge in [-0.3, -0.25) is 4.79 Å². The highest BCUT2D eigenvalue weighted by molar-refractivity contribution is 5.76. The minimum Gasteiger partial charge on any atom is -0.370 e. The van der Waals surface area contributed by atoms with Crippen LogP contribution < -0.4 is 11.1 Å². The molecule has 0 aromatic heterocycles. The standard InChI is InChI=1S/C17H24FN3O3/c18-14-7-5-13(6-8-14)15-12-21(10-11-24-15)16(22)4-2-1-3-9-20-17(19)23/h5-8,15H,1-4,9-12H2,(H3,19,20,23)/t15-/m0/s1. The van der Waals surface area contributed by atoms with Crippen molar-refractivity contribution in [1.29, 1.82) is 0 Å². The summed E-state index contributed by atoms with van der Waals surface area (Å²) in [7, 11) is 0. The molecular weight excluding hydrogens is 313 g/mol. The van der Waals surface area contributed by atoms with Crippen LogP contribution in [0.4, 0.5) is 9.18 Å². The number of amides is 3. The molecule has 1 aromatic rings. The van der Waals surface area contributed by atoms with E-state index in [4.69, 9.17) is 10.5 Å². The molecule has 6 nitrogen and oxygen atoms in total. The Kier molecular flexibility index (Phi) is 6.99. The molecule has 1 fully saturated rings. The SMILES string of the molecule is NC(=O)NCCCCCC(=O)N1CCO[C@H](c2ccc(F)cc2)C1. The molecule has 1 aliphatic heterocycles. The molecule has 0 spiro atoms. The summed E-state index contributed by atoms with van der Waals surface area (Å²) in [6.07, 6.45) is 2.71. The lowest BCUT2D eigenvalue weighted by Crippen LogP contribution is -2.42. The molecule has 1 saturated heterocycles. The van der Waals surface area contributed by atoms with E-state index in [0.717, 1.165) is 24.8 Å². The van der Waals surface area contributed by atoms with Crippen molar-refractivity contribution < 1.29 is 18.7 Å². The summed E-state index contributed by atoms with van der Waals surface area (Å²) in [6, 6.07) is 5.67. The minimum atomic E-state index is -0.522. The molecule has 24 heavy (non-hydrogen) atoms. The van der Waals surface area contributed by atoms with E-state index in [2.05, 4.69) is 5.32 Å². The van der Waals surface area contributed by atoms with Gasteiger partial charge in [-0.25, -0.2) is 9.18 Å². The number of nitrogens with zero attached hydrogens (tertiary/aromatic N) is 1. The summed E-state index contributed by atoms with van der Waals surface area (Å²) < 4.78 is 18.7. The first kappa shape index (κ1) is 18.2. The van der Waals surface area contributed by atoms with Gasteiger partial charge in [0.1, 0.15) is 11.9 Å². The van der Waals surface area contributed by atoms with Crippen molar-refractivity contribution in [2.75, 3.05) is 26.2 Å². The Bertz CT molecular complexity index is 551. The summed E-state index contributed by atoms with van der Waals surface area (Å²) in [6.45, 7) is 2.09. The van der Waals surface area contributed by atoms with Crippen molar-refractivity contribution in [3.8, 4) is 0 Å². The molecule has 1 aliphatic rings. The Labute approximate surface area is 141 Å². The topological polar surface area (TPSA) is 84.7 Å². The van der Waals surface area contributed by atoms with Crippen LogP contribution in [0.5, 0.6) is 0 Å². The summed E-state index contributed by atoms with van der Waals surface area (Å²) >= 11 is 0. The fourth-order valence-corrected chi connectivity index (χ4v) is 2.70. The predicted molar refractivity (Wildman–Crippen MR) is 87.7 cm³/mol. The second-order valence-corrected chi connectivity index (χ2v) is 5.85. The summed E-state index contributed by atoms with van der Waals surface area (Å²) in [5, 5.41) is 2.53. The quantitative estimate of drug-likeness (QED) is 0.746. The van der Waals surface area contributed by atoms with Crippen LogP contribution in [-0.2, 0) is 9.53 Å². The number of unbranched alkanes of at least 4 members (excludes halogenated alkanes) is 2. The van der Waals surface area contributed by atoms with Gasteiger partial charge in [0.05, 0.1) is 13.2 Å². The molecular formula is C17H24FN3O3. The van der Waals surface area contributed by atoms with Crippen molar-refractivity contribution in [2.24, 2.45) is 5.73 Å². The van der Waals surface area contributed by atoms with Crippen LogP contribution in [0.25, 0.3) is 0 Å². The molecule has 0 saturated carbocycles. The van der Waals surface area contributed by atoms with E-state index in [-0.39, 0.29) is 17.8 Å². The van der Waals surface area contributed by atoms with Crippen LogP contribution in [-0.4, -0.2) is 43.1 Å². The van der Waals surface area contributed by atoms with E-state index >= 15 is 0 Å². The average Bonchev–Trinajstić information content (AvgIpc) is 2.58. The number of rotatable bonds is 7. The second-order valence-electron chi connectivity index (χ2n) is 5.85. The van der Waals surface area contributed by atoms with Crippen LogP contribution >= 0.6 is 0 Å². The number of benzene rings is 1. The van der Waals surface area contributed by atoms with Crippen molar-refractivity contribution >= 4 is 11.9 Å². The second kappa shape index (κ2) is 9.22. The molecule has 7 heteroatoms. The Hall–Kier alpha value is -2.15. The molecule has 3 amide bonds. The molecule has 2 rings (SSSR count). The van der Waals surface area contributed by atoms with Gasteiger partial charge in [-0.1, -0.05) is 18.6 Å². The van der Waals surface area contributed by atoms with Crippen molar-refractivity contribution in [3.63, 3.8) is 0 Å². The van der Waals surface area contributed by atoms with Gasteiger partial charge in [0.2, 0.25) is 5.91 Å². The lowest BCUT2D eigenvalue weighted by atomic mass is 10.1. The zero-order valence-corrected chi connectivity index (χ0v) is 13.7. The molecule has 0 unspecified atom stereocenters. The van der Waals surface area contributed by atoms with Crippen LogP contribution in [0.15, 0.2) is 24.3 Å². The fraction of sp³-hybridized carbons (Fsp3) is 0.529. The largest absolute Gasteiger partial charge is 0.370 e. The van der Waals surface area contributed by atoms with Gasteiger partial charge in [-0.05, 0) is 30.5 Å². The molecule has 1 heterocycles. The number of carbonyl (C=O) groups is 2. The number of morpholine rings is 1. The summed E-state index contributed by atoms with van der Waals surface area (Å²) in [5.74, 6) is -0.179. The summed E-state index contributed by atoms with van der Waals surface area (Å²) in [4.78, 5) is 24.6. The van der Waals surface area contributed by atoms with Crippen LogP contribution in [0.1, 0.15) is 37.4 Å². The van der Waals surface area contributed by atoms with Gasteiger partial charge in [-0.2, -0.15) is 0 Å². The number of hydrogen-bond donors (Lipinski definition) is 2. The van der Waals surface area contributed by atoms with E-state index in [0.29, 0.717) is 32.7 Å². The van der Waals surface area contributed by atoms with E-state index in [1.54, 1.807) is 17.0 Å². The number of carbonyl (C=O) groups excluding carboxylic acids is 2. The van der Waals surface area contributed by atoms with Crippen molar-refractivity contribution in [1.82, 2.24) is 10.2 Å². The number of urea groups is 1. The molecule has 3 N–H and O–H groups in total. The molecule has 132 valence electrons. The van der Waals surface area contributed by atoms with E-state index in [1.165, 1.54) is 12.1 Å². The molecule has 1 aromatic carbocycles. The van der Waals surface area contributed by atoms with Gasteiger partial charge >= 0.3 is 6.03 Å². The Morgan fingerprint density at radius 1 is 1.25 bits per heavy atom. The van der Waals surface area contributed by atoms with Gasteiger partial charge in [0.25, 0.3) is 0 Å². The third kappa shape index (κ3) is 5.81. The van der Waals surface area contributed by atoms with E-state index in [1.807, 2.05) is 0 Å². The maximum absolute atomic E-state index is 13.0. The normalized spacial score (nSPS) is 17.5. The molecule has 0 bridgehead atoms. The maximum Gasteiger partial charge on any atom is 0.312 e. The lowest BCUT2D eigenvalue weighted by molar-refractivity contribution is -0.139. The van der Waals surface area contributed by atoms with Crippen molar-refractivity contribution in [2.45, 2.75) is 31.8 Å². The predicted octanol–water partition coefficient (Wildman–Crippen LogP) is 1.95.